The minimum absolute atomic E-state index is 0.121. The molecular formula is C29H18N8O2S5. The number of fused-ring (bicyclic) bond motifs is 5. The largest absolute Gasteiger partial charge is 0.309 e. The second-order valence-corrected chi connectivity index (χ2v) is 15.0. The first-order valence-electron chi connectivity index (χ1n) is 13.0. The normalized spacial score (nSPS) is 21.0. The summed E-state index contributed by atoms with van der Waals surface area (Å²) in [6.07, 6.45) is 0. The molecule has 0 radical (unpaired) electrons. The van der Waals surface area contributed by atoms with Crippen LogP contribution in [0.1, 0.15) is 38.8 Å². The summed E-state index contributed by atoms with van der Waals surface area (Å²) in [7, 11) is 0. The molecule has 0 saturated carbocycles. The molecule has 15 heteroatoms. The second-order valence-electron chi connectivity index (χ2n) is 9.93. The van der Waals surface area contributed by atoms with Crippen LogP contribution in [0.5, 0.6) is 0 Å². The lowest BCUT2D eigenvalue weighted by Crippen LogP contribution is -2.26. The van der Waals surface area contributed by atoms with E-state index >= 15 is 0 Å². The fourth-order valence-corrected chi connectivity index (χ4v) is 11.5. The number of aliphatic imine (C=N–C) groups is 2. The maximum atomic E-state index is 13.0. The quantitative estimate of drug-likeness (QED) is 0.206. The first kappa shape index (κ1) is 29.8. The Labute approximate surface area is 272 Å². The molecule has 6 rings (SSSR count). The van der Waals surface area contributed by atoms with Gasteiger partial charge in [0, 0.05) is 23.2 Å². The molecule has 0 N–H and O–H groups in total. The van der Waals surface area contributed by atoms with Crippen molar-refractivity contribution in [2.24, 2.45) is 9.98 Å². The zero-order chi connectivity index (χ0) is 31.5. The van der Waals surface area contributed by atoms with Crippen LogP contribution >= 0.6 is 57.5 Å². The van der Waals surface area contributed by atoms with E-state index in [0.717, 1.165) is 48.2 Å². The molecule has 5 heterocycles. The van der Waals surface area contributed by atoms with Crippen LogP contribution in [-0.4, -0.2) is 44.8 Å². The maximum absolute atomic E-state index is 13.0. The van der Waals surface area contributed by atoms with E-state index in [4.69, 9.17) is 13.1 Å². The molecule has 2 fully saturated rings. The molecule has 2 saturated heterocycles. The molecule has 0 spiro atoms. The van der Waals surface area contributed by atoms with Crippen LogP contribution < -0.4 is 0 Å². The summed E-state index contributed by atoms with van der Waals surface area (Å²) in [6.45, 7) is 23.2. The maximum Gasteiger partial charge on any atom is 0.291 e. The Morgan fingerprint density at radius 3 is 1.86 bits per heavy atom. The lowest BCUT2D eigenvalue weighted by atomic mass is 9.84. The smallest absolute Gasteiger partial charge is 0.291 e. The third kappa shape index (κ3) is 4.40. The van der Waals surface area contributed by atoms with Crippen LogP contribution in [0.3, 0.4) is 0 Å². The number of thioether (sulfide) groups is 2. The summed E-state index contributed by atoms with van der Waals surface area (Å²) in [5.74, 6) is -0.631. The number of nitrogens with zero attached hydrogens (tertiary/aromatic N) is 8. The Balaban J connectivity index is 1.35. The predicted octanol–water partition coefficient (Wildman–Crippen LogP) is 7.81. The van der Waals surface area contributed by atoms with Crippen molar-refractivity contribution in [2.75, 3.05) is 13.1 Å². The molecule has 10 nitrogen and oxygen atoms in total. The number of carbonyl (C=O) groups excluding carboxylic acids is 2. The van der Waals surface area contributed by atoms with Gasteiger partial charge < -0.3 is 9.80 Å². The average Bonchev–Trinajstić information content (AvgIpc) is 3.81. The number of hydrogen-bond acceptors (Lipinski definition) is 11. The van der Waals surface area contributed by atoms with Gasteiger partial charge in [0.2, 0.25) is 0 Å². The molecule has 216 valence electrons. The molecule has 3 aromatic rings. The van der Waals surface area contributed by atoms with E-state index in [-0.39, 0.29) is 38.7 Å². The number of thiophene rings is 3. The number of carbonyl (C=O) groups is 2. The van der Waals surface area contributed by atoms with Crippen molar-refractivity contribution in [1.82, 2.24) is 9.80 Å². The zero-order valence-corrected chi connectivity index (χ0v) is 27.6. The van der Waals surface area contributed by atoms with Crippen LogP contribution in [0.4, 0.5) is 10.0 Å². The van der Waals surface area contributed by atoms with Crippen molar-refractivity contribution >= 4 is 98.8 Å². The summed E-state index contributed by atoms with van der Waals surface area (Å²) in [5.41, 5.74) is 1.72. The van der Waals surface area contributed by atoms with Crippen LogP contribution in [0.15, 0.2) is 43.6 Å². The Kier molecular flexibility index (Phi) is 7.49. The van der Waals surface area contributed by atoms with Crippen molar-refractivity contribution in [3.63, 3.8) is 0 Å². The minimum Gasteiger partial charge on any atom is -0.309 e. The van der Waals surface area contributed by atoms with Crippen LogP contribution in [0.2, 0.25) is 0 Å². The van der Waals surface area contributed by atoms with Gasteiger partial charge in [0.25, 0.3) is 23.2 Å². The second kappa shape index (κ2) is 11.0. The van der Waals surface area contributed by atoms with Crippen molar-refractivity contribution in [2.45, 2.75) is 33.1 Å². The monoisotopic (exact) mass is 670 g/mol. The lowest BCUT2D eigenvalue weighted by Gasteiger charge is -2.19. The van der Waals surface area contributed by atoms with Crippen LogP contribution in [0, 0.1) is 35.8 Å². The highest BCUT2D eigenvalue weighted by Crippen LogP contribution is 2.61. The van der Waals surface area contributed by atoms with Gasteiger partial charge in [0.05, 0.1) is 39.7 Å². The first-order valence-corrected chi connectivity index (χ1v) is 17.1. The number of rotatable bonds is 4. The van der Waals surface area contributed by atoms with E-state index in [2.05, 4.69) is 33.5 Å². The number of allylic oxidation sites excluding steroid dienone is 2. The summed E-state index contributed by atoms with van der Waals surface area (Å²) in [5, 5.41) is 21.2. The van der Waals surface area contributed by atoms with Crippen molar-refractivity contribution in [3.8, 4) is 21.9 Å². The standard InChI is InChI=1S/C29H18N8O2S5/c1-7-36-25(38)23(43-27(36)14(11-30)32-5)34-17-9-13-20(41-17)22-19(29(13,3)4)21-16(40-22)10-18(42-21)35-24-26(39)37(8-2)28(44-24)15(12-31)33-6/h9-10H,7-8H2,1-4H3/b27-14+,28-15-,34-23?,35-24?. The third-order valence-corrected chi connectivity index (χ3v) is 12.8. The van der Waals surface area contributed by atoms with E-state index < -0.39 is 0 Å². The summed E-state index contributed by atoms with van der Waals surface area (Å²) >= 11 is 6.79. The molecular weight excluding hydrogens is 653 g/mol. The van der Waals surface area contributed by atoms with Crippen LogP contribution in [-0.2, 0) is 15.0 Å². The lowest BCUT2D eigenvalue weighted by molar-refractivity contribution is -0.121. The Morgan fingerprint density at radius 2 is 1.39 bits per heavy atom. The number of hydrogen-bond donors (Lipinski definition) is 0. The minimum atomic E-state index is -0.345. The molecule has 3 aromatic heterocycles. The van der Waals surface area contributed by atoms with Crippen molar-refractivity contribution in [3.05, 3.63) is 67.5 Å². The highest BCUT2D eigenvalue weighted by atomic mass is 32.2. The zero-order valence-electron chi connectivity index (χ0n) is 23.5. The van der Waals surface area contributed by atoms with E-state index in [0.29, 0.717) is 33.1 Å². The van der Waals surface area contributed by atoms with Gasteiger partial charge in [0.15, 0.2) is 10.1 Å². The summed E-state index contributed by atoms with van der Waals surface area (Å²) in [6, 6.07) is 7.73. The SMILES string of the molecule is [C-]#[N+]/C(C#N)=C1\SC(=Nc2cc3sc4c(c3s2)C(C)(C)c2cc(N=C3S/C(=C(\C#N)[N+]#[C-])N(CC)C3=O)sc2-4)C(=O)N1CC. The third-order valence-electron chi connectivity index (χ3n) is 7.20. The van der Waals surface area contributed by atoms with E-state index in [9.17, 15) is 20.1 Å². The molecule has 2 amide bonds. The molecule has 0 aromatic carbocycles. The molecule has 0 bridgehead atoms. The molecule has 0 unspecified atom stereocenters. The first-order chi connectivity index (χ1) is 21.1. The van der Waals surface area contributed by atoms with Gasteiger partial charge in [-0.05, 0) is 37.1 Å². The van der Waals surface area contributed by atoms with E-state index in [1.54, 1.807) is 25.2 Å². The summed E-state index contributed by atoms with van der Waals surface area (Å²) in [4.78, 5) is 47.0. The van der Waals surface area contributed by atoms with E-state index in [1.165, 1.54) is 38.0 Å². The van der Waals surface area contributed by atoms with Gasteiger partial charge in [-0.1, -0.05) is 37.4 Å². The van der Waals surface area contributed by atoms with Gasteiger partial charge in [0.1, 0.15) is 20.1 Å². The molecule has 1 aliphatic carbocycles. The highest BCUT2D eigenvalue weighted by molar-refractivity contribution is 8.20. The van der Waals surface area contributed by atoms with Gasteiger partial charge in [-0.3, -0.25) is 9.59 Å². The van der Waals surface area contributed by atoms with E-state index in [1.807, 2.05) is 24.3 Å². The number of nitriles is 2. The summed E-state index contributed by atoms with van der Waals surface area (Å²) < 4.78 is 2.15. The van der Waals surface area contributed by atoms with Crippen molar-refractivity contribution < 1.29 is 9.59 Å². The molecule has 2 aliphatic heterocycles. The molecule has 44 heavy (non-hydrogen) atoms. The van der Waals surface area contributed by atoms with Gasteiger partial charge in [-0.2, -0.15) is 0 Å². The fourth-order valence-electron chi connectivity index (χ4n) is 5.17. The van der Waals surface area contributed by atoms with Crippen LogP contribution in [0.25, 0.3) is 28.8 Å². The molecule has 3 aliphatic rings. The molecule has 0 atom stereocenters. The average molecular weight is 671 g/mol. The fraction of sp³-hybridized carbons (Fsp3) is 0.241. The van der Waals surface area contributed by atoms with Gasteiger partial charge in [-0.25, -0.2) is 30.2 Å². The van der Waals surface area contributed by atoms with Crippen molar-refractivity contribution in [1.29, 1.82) is 10.5 Å². The Bertz CT molecular complexity index is 2100. The Morgan fingerprint density at radius 1 is 0.864 bits per heavy atom. The topological polar surface area (TPSA) is 122 Å². The highest BCUT2D eigenvalue weighted by Gasteiger charge is 2.42. The Hall–Kier alpha value is -4.22. The van der Waals surface area contributed by atoms with Gasteiger partial charge >= 0.3 is 0 Å². The predicted molar refractivity (Wildman–Crippen MR) is 178 cm³/mol. The van der Waals surface area contributed by atoms with Gasteiger partial charge in [-0.15, -0.1) is 34.0 Å². The number of amides is 2.